The van der Waals surface area contributed by atoms with E-state index in [2.05, 4.69) is 4.98 Å². The molecule has 0 amide bonds. The fraction of sp³-hybridized carbons (Fsp3) is 0.357. The zero-order valence-corrected chi connectivity index (χ0v) is 11.1. The number of oxazole rings is 1. The first-order chi connectivity index (χ1) is 8.56. The quantitative estimate of drug-likeness (QED) is 0.832. The number of methoxy groups -OCH3 is 2. The minimum absolute atomic E-state index is 0.474. The molecule has 0 spiro atoms. The molecule has 0 unspecified atom stereocenters. The fourth-order valence-corrected chi connectivity index (χ4v) is 1.52. The third-order valence-corrected chi connectivity index (χ3v) is 2.95. The fourth-order valence-electron chi connectivity index (χ4n) is 1.52. The van der Waals surface area contributed by atoms with Crippen LogP contribution < -0.4 is 4.74 Å². The molecule has 0 saturated heterocycles. The van der Waals surface area contributed by atoms with E-state index in [9.17, 15) is 0 Å². The van der Waals surface area contributed by atoms with Gasteiger partial charge < -0.3 is 13.9 Å². The van der Waals surface area contributed by atoms with Crippen molar-refractivity contribution in [3.05, 3.63) is 36.2 Å². The lowest BCUT2D eigenvalue weighted by Crippen LogP contribution is -2.18. The summed E-state index contributed by atoms with van der Waals surface area (Å²) in [5, 5.41) is 0. The van der Waals surface area contributed by atoms with Crippen LogP contribution in [0.3, 0.4) is 0 Å². The summed E-state index contributed by atoms with van der Waals surface area (Å²) in [6, 6.07) is 7.57. The van der Waals surface area contributed by atoms with Gasteiger partial charge in [-0.1, -0.05) is 0 Å². The molecule has 0 aliphatic rings. The molecule has 18 heavy (non-hydrogen) atoms. The Morgan fingerprint density at radius 2 is 1.78 bits per heavy atom. The first kappa shape index (κ1) is 12.6. The average Bonchev–Trinajstić information content (AvgIpc) is 2.89. The van der Waals surface area contributed by atoms with Crippen LogP contribution in [-0.4, -0.2) is 19.2 Å². The third-order valence-electron chi connectivity index (χ3n) is 2.95. The second-order valence-corrected chi connectivity index (χ2v) is 4.47. The number of ether oxygens (including phenoxy) is 2. The summed E-state index contributed by atoms with van der Waals surface area (Å²) in [5.74, 6) is 2.09. The van der Waals surface area contributed by atoms with E-state index in [-0.39, 0.29) is 0 Å². The summed E-state index contributed by atoms with van der Waals surface area (Å²) in [4.78, 5) is 4.27. The van der Waals surface area contributed by atoms with Crippen LogP contribution in [0.2, 0.25) is 0 Å². The number of benzene rings is 1. The third kappa shape index (κ3) is 2.38. The second kappa shape index (κ2) is 4.82. The molecule has 2 rings (SSSR count). The molecule has 0 N–H and O–H groups in total. The lowest BCUT2D eigenvalue weighted by Gasteiger charge is -2.18. The van der Waals surface area contributed by atoms with E-state index in [1.807, 2.05) is 38.1 Å². The minimum Gasteiger partial charge on any atom is -0.497 e. The maximum absolute atomic E-state index is 5.72. The lowest BCUT2D eigenvalue weighted by molar-refractivity contribution is 0.00139. The molecule has 0 fully saturated rings. The molecule has 0 atom stereocenters. The van der Waals surface area contributed by atoms with Crippen molar-refractivity contribution in [2.45, 2.75) is 19.4 Å². The highest BCUT2D eigenvalue weighted by atomic mass is 16.5. The van der Waals surface area contributed by atoms with Crippen LogP contribution in [-0.2, 0) is 10.3 Å². The van der Waals surface area contributed by atoms with Crippen molar-refractivity contribution in [3.63, 3.8) is 0 Å². The van der Waals surface area contributed by atoms with E-state index in [1.165, 1.54) is 0 Å². The Morgan fingerprint density at radius 3 is 2.33 bits per heavy atom. The molecule has 0 aliphatic carbocycles. The Labute approximate surface area is 107 Å². The first-order valence-corrected chi connectivity index (χ1v) is 5.72. The highest BCUT2D eigenvalue weighted by Crippen LogP contribution is 2.28. The highest BCUT2D eigenvalue weighted by molar-refractivity contribution is 5.54. The molecule has 0 aliphatic heterocycles. The summed E-state index contributed by atoms with van der Waals surface area (Å²) >= 11 is 0. The van der Waals surface area contributed by atoms with Crippen molar-refractivity contribution in [1.29, 1.82) is 0 Å². The van der Waals surface area contributed by atoms with Gasteiger partial charge in [-0.05, 0) is 38.1 Å². The molecule has 1 aromatic carbocycles. The standard InChI is InChI=1S/C14H17NO3/c1-14(2,17-4)12-9-15-13(18-12)10-5-7-11(16-3)8-6-10/h5-9H,1-4H3. The molecule has 1 aromatic heterocycles. The van der Waals surface area contributed by atoms with E-state index >= 15 is 0 Å². The minimum atomic E-state index is -0.474. The number of hydrogen-bond acceptors (Lipinski definition) is 4. The van der Waals surface area contributed by atoms with E-state index in [0.29, 0.717) is 11.7 Å². The molecule has 0 saturated carbocycles. The van der Waals surface area contributed by atoms with Crippen LogP contribution in [0.15, 0.2) is 34.9 Å². The largest absolute Gasteiger partial charge is 0.497 e. The topological polar surface area (TPSA) is 44.5 Å². The number of nitrogens with zero attached hydrogens (tertiary/aromatic N) is 1. The Morgan fingerprint density at radius 1 is 1.11 bits per heavy atom. The van der Waals surface area contributed by atoms with Crippen molar-refractivity contribution in [2.75, 3.05) is 14.2 Å². The van der Waals surface area contributed by atoms with Crippen molar-refractivity contribution < 1.29 is 13.9 Å². The molecular weight excluding hydrogens is 230 g/mol. The Kier molecular flexibility index (Phi) is 3.39. The van der Waals surface area contributed by atoms with Gasteiger partial charge >= 0.3 is 0 Å². The van der Waals surface area contributed by atoms with Gasteiger partial charge in [-0.2, -0.15) is 0 Å². The summed E-state index contributed by atoms with van der Waals surface area (Å²) in [6.07, 6.45) is 1.70. The second-order valence-electron chi connectivity index (χ2n) is 4.47. The number of aromatic nitrogens is 1. The molecular formula is C14H17NO3. The van der Waals surface area contributed by atoms with E-state index in [1.54, 1.807) is 20.4 Å². The summed E-state index contributed by atoms with van der Waals surface area (Å²) in [6.45, 7) is 3.87. The SMILES string of the molecule is COc1ccc(-c2ncc(C(C)(C)OC)o2)cc1. The molecule has 2 aromatic rings. The van der Waals surface area contributed by atoms with Gasteiger partial charge in [-0.3, -0.25) is 0 Å². The van der Waals surface area contributed by atoms with Gasteiger partial charge in [0, 0.05) is 12.7 Å². The maximum Gasteiger partial charge on any atom is 0.226 e. The zero-order valence-electron chi connectivity index (χ0n) is 11.1. The molecule has 96 valence electrons. The van der Waals surface area contributed by atoms with Crippen LogP contribution in [0.1, 0.15) is 19.6 Å². The van der Waals surface area contributed by atoms with Gasteiger partial charge in [0.25, 0.3) is 0 Å². The van der Waals surface area contributed by atoms with Crippen molar-refractivity contribution in [1.82, 2.24) is 4.98 Å². The van der Waals surface area contributed by atoms with Crippen LogP contribution in [0.4, 0.5) is 0 Å². The van der Waals surface area contributed by atoms with E-state index < -0.39 is 5.60 Å². The average molecular weight is 247 g/mol. The zero-order chi connectivity index (χ0) is 13.2. The predicted octanol–water partition coefficient (Wildman–Crippen LogP) is 3.23. The molecule has 0 radical (unpaired) electrons. The lowest BCUT2D eigenvalue weighted by atomic mass is 10.1. The van der Waals surface area contributed by atoms with E-state index in [4.69, 9.17) is 13.9 Å². The Hall–Kier alpha value is -1.81. The van der Waals surface area contributed by atoms with Gasteiger partial charge in [-0.15, -0.1) is 0 Å². The Balaban J connectivity index is 2.29. The van der Waals surface area contributed by atoms with Gasteiger partial charge in [0.15, 0.2) is 5.76 Å². The summed E-state index contributed by atoms with van der Waals surface area (Å²) < 4.78 is 16.2. The molecule has 1 heterocycles. The van der Waals surface area contributed by atoms with Crippen molar-refractivity contribution in [3.8, 4) is 17.2 Å². The van der Waals surface area contributed by atoms with Gasteiger partial charge in [0.05, 0.1) is 13.3 Å². The first-order valence-electron chi connectivity index (χ1n) is 5.72. The normalized spacial score (nSPS) is 11.6. The van der Waals surface area contributed by atoms with Crippen molar-refractivity contribution in [2.24, 2.45) is 0 Å². The van der Waals surface area contributed by atoms with Crippen LogP contribution in [0, 0.1) is 0 Å². The van der Waals surface area contributed by atoms with Crippen LogP contribution in [0.5, 0.6) is 5.75 Å². The molecule has 4 heteroatoms. The summed E-state index contributed by atoms with van der Waals surface area (Å²) in [5.41, 5.74) is 0.437. The highest BCUT2D eigenvalue weighted by Gasteiger charge is 2.24. The predicted molar refractivity (Wildman–Crippen MR) is 68.5 cm³/mol. The number of rotatable bonds is 4. The number of hydrogen-bond donors (Lipinski definition) is 0. The molecule has 4 nitrogen and oxygen atoms in total. The monoisotopic (exact) mass is 247 g/mol. The van der Waals surface area contributed by atoms with Gasteiger partial charge in [0.1, 0.15) is 11.4 Å². The van der Waals surface area contributed by atoms with Gasteiger partial charge in [0.2, 0.25) is 5.89 Å². The van der Waals surface area contributed by atoms with E-state index in [0.717, 1.165) is 11.3 Å². The van der Waals surface area contributed by atoms with Crippen LogP contribution >= 0.6 is 0 Å². The Bertz CT molecular complexity index is 514. The van der Waals surface area contributed by atoms with Crippen LogP contribution in [0.25, 0.3) is 11.5 Å². The molecule has 0 bridgehead atoms. The smallest absolute Gasteiger partial charge is 0.226 e. The maximum atomic E-state index is 5.72. The summed E-state index contributed by atoms with van der Waals surface area (Å²) in [7, 11) is 3.29. The van der Waals surface area contributed by atoms with Crippen molar-refractivity contribution >= 4 is 0 Å². The van der Waals surface area contributed by atoms with Gasteiger partial charge in [-0.25, -0.2) is 4.98 Å².